The lowest BCUT2D eigenvalue weighted by Crippen LogP contribution is -2.50. The van der Waals surface area contributed by atoms with Gasteiger partial charge in [-0.25, -0.2) is 18.4 Å². The van der Waals surface area contributed by atoms with E-state index < -0.39 is 10.0 Å². The van der Waals surface area contributed by atoms with E-state index in [0.717, 1.165) is 18.4 Å². The third kappa shape index (κ3) is 2.57. The number of anilines is 1. The highest BCUT2D eigenvalue weighted by atomic mass is 32.2. The van der Waals surface area contributed by atoms with E-state index in [0.29, 0.717) is 32.1 Å². The molecule has 0 N–H and O–H groups in total. The molecule has 0 atom stereocenters. The normalized spacial score (nSPS) is 21.6. The molecule has 0 bridgehead atoms. The molecule has 2 fully saturated rings. The third-order valence-electron chi connectivity index (χ3n) is 3.59. The Balaban J connectivity index is 1.64. The largest absolute Gasteiger partial charge is 0.338 e. The summed E-state index contributed by atoms with van der Waals surface area (Å²) in [5.74, 6) is 0.689. The SMILES string of the molecule is Cc1cnc(N2CCN(S(=O)(=O)C3CC3)CC2)nc1. The molecule has 1 aliphatic heterocycles. The molecule has 0 spiro atoms. The van der Waals surface area contributed by atoms with Crippen molar-refractivity contribution in [2.75, 3.05) is 31.1 Å². The van der Waals surface area contributed by atoms with E-state index in [2.05, 4.69) is 9.97 Å². The van der Waals surface area contributed by atoms with Crippen molar-refractivity contribution < 1.29 is 8.42 Å². The minimum Gasteiger partial charge on any atom is -0.338 e. The molecule has 1 saturated heterocycles. The van der Waals surface area contributed by atoms with Gasteiger partial charge in [0.25, 0.3) is 0 Å². The van der Waals surface area contributed by atoms with Crippen LogP contribution in [0.15, 0.2) is 12.4 Å². The molecule has 1 aliphatic carbocycles. The molecular formula is C12H18N4O2S. The Kier molecular flexibility index (Phi) is 3.18. The van der Waals surface area contributed by atoms with Crippen molar-refractivity contribution in [1.82, 2.24) is 14.3 Å². The van der Waals surface area contributed by atoms with Gasteiger partial charge in [0.1, 0.15) is 0 Å². The first-order chi connectivity index (χ1) is 9.07. The van der Waals surface area contributed by atoms with Gasteiger partial charge in [0.2, 0.25) is 16.0 Å². The minimum absolute atomic E-state index is 0.116. The first kappa shape index (κ1) is 12.8. The summed E-state index contributed by atoms with van der Waals surface area (Å²) in [4.78, 5) is 10.6. The lowest BCUT2D eigenvalue weighted by atomic mass is 10.4. The number of aromatic nitrogens is 2. The number of sulfonamides is 1. The Labute approximate surface area is 113 Å². The van der Waals surface area contributed by atoms with Crippen LogP contribution >= 0.6 is 0 Å². The van der Waals surface area contributed by atoms with Gasteiger partial charge in [0.05, 0.1) is 5.25 Å². The first-order valence-electron chi connectivity index (χ1n) is 6.60. The molecule has 6 nitrogen and oxygen atoms in total. The van der Waals surface area contributed by atoms with E-state index >= 15 is 0 Å². The number of piperazine rings is 1. The van der Waals surface area contributed by atoms with Gasteiger partial charge in [-0.2, -0.15) is 4.31 Å². The van der Waals surface area contributed by atoms with E-state index in [9.17, 15) is 8.42 Å². The zero-order chi connectivity index (χ0) is 13.5. The molecule has 0 amide bonds. The van der Waals surface area contributed by atoms with Crippen molar-refractivity contribution in [3.8, 4) is 0 Å². The molecule has 1 saturated carbocycles. The lowest BCUT2D eigenvalue weighted by molar-refractivity contribution is 0.382. The van der Waals surface area contributed by atoms with Crippen molar-refractivity contribution in [2.24, 2.45) is 0 Å². The quantitative estimate of drug-likeness (QED) is 0.803. The maximum atomic E-state index is 12.1. The summed E-state index contributed by atoms with van der Waals surface area (Å²) < 4.78 is 25.8. The van der Waals surface area contributed by atoms with Crippen molar-refractivity contribution >= 4 is 16.0 Å². The highest BCUT2D eigenvalue weighted by Crippen LogP contribution is 2.31. The Morgan fingerprint density at radius 3 is 2.21 bits per heavy atom. The van der Waals surface area contributed by atoms with Crippen LogP contribution < -0.4 is 4.90 Å². The van der Waals surface area contributed by atoms with E-state index in [-0.39, 0.29) is 5.25 Å². The van der Waals surface area contributed by atoms with Gasteiger partial charge in [-0.1, -0.05) is 0 Å². The second kappa shape index (κ2) is 4.72. The molecule has 104 valence electrons. The molecule has 1 aromatic rings. The zero-order valence-electron chi connectivity index (χ0n) is 11.0. The summed E-state index contributed by atoms with van der Waals surface area (Å²) in [6, 6.07) is 0. The van der Waals surface area contributed by atoms with Crippen LogP contribution in [0.1, 0.15) is 18.4 Å². The Morgan fingerprint density at radius 1 is 1.11 bits per heavy atom. The van der Waals surface area contributed by atoms with Crippen LogP contribution in [0.25, 0.3) is 0 Å². The predicted octanol–water partition coefficient (Wildman–Crippen LogP) is 0.399. The van der Waals surface area contributed by atoms with Gasteiger partial charge in [-0.3, -0.25) is 0 Å². The average molecular weight is 282 g/mol. The second-order valence-corrected chi connectivity index (χ2v) is 7.40. The zero-order valence-corrected chi connectivity index (χ0v) is 11.8. The van der Waals surface area contributed by atoms with Crippen LogP contribution in [0, 0.1) is 6.92 Å². The van der Waals surface area contributed by atoms with E-state index in [1.165, 1.54) is 0 Å². The molecule has 7 heteroatoms. The smallest absolute Gasteiger partial charge is 0.225 e. The molecule has 2 heterocycles. The van der Waals surface area contributed by atoms with Crippen molar-refractivity contribution in [3.05, 3.63) is 18.0 Å². The van der Waals surface area contributed by atoms with E-state index in [4.69, 9.17) is 0 Å². The predicted molar refractivity (Wildman–Crippen MR) is 72.5 cm³/mol. The lowest BCUT2D eigenvalue weighted by Gasteiger charge is -2.34. The van der Waals surface area contributed by atoms with E-state index in [1.807, 2.05) is 11.8 Å². The van der Waals surface area contributed by atoms with Gasteiger partial charge >= 0.3 is 0 Å². The summed E-state index contributed by atoms with van der Waals surface area (Å²) in [6.45, 7) is 4.35. The first-order valence-corrected chi connectivity index (χ1v) is 8.10. The number of hydrogen-bond acceptors (Lipinski definition) is 5. The number of aryl methyl sites for hydroxylation is 1. The highest BCUT2D eigenvalue weighted by molar-refractivity contribution is 7.90. The summed E-state index contributed by atoms with van der Waals surface area (Å²) in [5.41, 5.74) is 1.03. The summed E-state index contributed by atoms with van der Waals surface area (Å²) in [7, 11) is -3.04. The van der Waals surface area contributed by atoms with E-state index in [1.54, 1.807) is 16.7 Å². The molecule has 0 radical (unpaired) electrons. The van der Waals surface area contributed by atoms with Gasteiger partial charge in [0.15, 0.2) is 0 Å². The Hall–Kier alpha value is -1.21. The molecular weight excluding hydrogens is 264 g/mol. The third-order valence-corrected chi connectivity index (χ3v) is 5.99. The van der Waals surface area contributed by atoms with Crippen molar-refractivity contribution in [1.29, 1.82) is 0 Å². The van der Waals surface area contributed by atoms with Crippen molar-refractivity contribution in [3.63, 3.8) is 0 Å². The maximum absolute atomic E-state index is 12.1. The molecule has 2 aliphatic rings. The number of rotatable bonds is 3. The fraction of sp³-hybridized carbons (Fsp3) is 0.667. The van der Waals surface area contributed by atoms with Gasteiger partial charge in [-0.05, 0) is 25.3 Å². The van der Waals surface area contributed by atoms with Gasteiger partial charge in [0, 0.05) is 38.6 Å². The second-order valence-electron chi connectivity index (χ2n) is 5.19. The van der Waals surface area contributed by atoms with Crippen LogP contribution in [0.5, 0.6) is 0 Å². The van der Waals surface area contributed by atoms with Crippen LogP contribution in [0.4, 0.5) is 5.95 Å². The van der Waals surface area contributed by atoms with Crippen molar-refractivity contribution in [2.45, 2.75) is 25.0 Å². The molecule has 0 unspecified atom stereocenters. The monoisotopic (exact) mass is 282 g/mol. The maximum Gasteiger partial charge on any atom is 0.225 e. The number of hydrogen-bond donors (Lipinski definition) is 0. The molecule has 0 aromatic carbocycles. The van der Waals surface area contributed by atoms with Crippen LogP contribution in [0.2, 0.25) is 0 Å². The van der Waals surface area contributed by atoms with Crippen LogP contribution in [0.3, 0.4) is 0 Å². The summed E-state index contributed by atoms with van der Waals surface area (Å²) in [6.07, 6.45) is 5.22. The molecule has 1 aromatic heterocycles. The van der Waals surface area contributed by atoms with Crippen LogP contribution in [-0.2, 0) is 10.0 Å². The fourth-order valence-electron chi connectivity index (χ4n) is 2.27. The summed E-state index contributed by atoms with van der Waals surface area (Å²) in [5, 5.41) is -0.116. The Morgan fingerprint density at radius 2 is 1.68 bits per heavy atom. The number of nitrogens with zero attached hydrogens (tertiary/aromatic N) is 4. The van der Waals surface area contributed by atoms with Gasteiger partial charge < -0.3 is 4.90 Å². The Bertz CT molecular complexity index is 546. The van der Waals surface area contributed by atoms with Gasteiger partial charge in [-0.15, -0.1) is 0 Å². The standard InChI is InChI=1S/C12H18N4O2S/c1-10-8-13-12(14-9-10)15-4-6-16(7-5-15)19(17,18)11-2-3-11/h8-9,11H,2-7H2,1H3. The average Bonchev–Trinajstić information content (AvgIpc) is 3.24. The molecule has 3 rings (SSSR count). The minimum atomic E-state index is -3.04. The topological polar surface area (TPSA) is 66.4 Å². The highest BCUT2D eigenvalue weighted by Gasteiger charge is 2.41. The summed E-state index contributed by atoms with van der Waals surface area (Å²) >= 11 is 0. The fourth-order valence-corrected chi connectivity index (χ4v) is 4.09. The molecule has 19 heavy (non-hydrogen) atoms. The van der Waals surface area contributed by atoms with Crippen LogP contribution in [-0.4, -0.2) is 54.1 Å².